The zero-order valence-corrected chi connectivity index (χ0v) is 12.7. The third kappa shape index (κ3) is 3.39. The van der Waals surface area contributed by atoms with E-state index < -0.39 is 5.97 Å². The summed E-state index contributed by atoms with van der Waals surface area (Å²) in [7, 11) is 0. The number of benzene rings is 1. The van der Waals surface area contributed by atoms with Crippen molar-refractivity contribution in [1.82, 2.24) is 5.32 Å². The van der Waals surface area contributed by atoms with Crippen LogP contribution in [0.2, 0.25) is 0 Å². The number of nitrogens with one attached hydrogen (secondary N) is 1. The fourth-order valence-electron chi connectivity index (χ4n) is 2.56. The van der Waals surface area contributed by atoms with Crippen molar-refractivity contribution in [2.24, 2.45) is 4.99 Å². The van der Waals surface area contributed by atoms with Gasteiger partial charge in [-0.25, -0.2) is 4.79 Å². The molecule has 2 aliphatic rings. The van der Waals surface area contributed by atoms with Crippen LogP contribution in [0.1, 0.15) is 41.6 Å². The fourth-order valence-corrected chi connectivity index (χ4v) is 3.45. The van der Waals surface area contributed by atoms with E-state index in [0.717, 1.165) is 18.4 Å². The number of aromatic carboxylic acids is 1. The number of amides is 1. The Labute approximate surface area is 132 Å². The molecule has 0 atom stereocenters. The highest BCUT2D eigenvalue weighted by molar-refractivity contribution is 8.18. The van der Waals surface area contributed by atoms with E-state index in [-0.39, 0.29) is 11.5 Å². The normalized spacial score (nSPS) is 22.5. The maximum atomic E-state index is 12.0. The summed E-state index contributed by atoms with van der Waals surface area (Å²) in [5, 5.41) is 12.3. The molecule has 1 aliphatic carbocycles. The van der Waals surface area contributed by atoms with Gasteiger partial charge >= 0.3 is 5.97 Å². The van der Waals surface area contributed by atoms with Crippen molar-refractivity contribution < 1.29 is 14.7 Å². The Balaban J connectivity index is 1.73. The first-order valence-corrected chi connectivity index (χ1v) is 8.05. The van der Waals surface area contributed by atoms with Crippen LogP contribution in [0.25, 0.3) is 6.08 Å². The van der Waals surface area contributed by atoms with Crippen LogP contribution in [0, 0.1) is 0 Å². The Kier molecular flexibility index (Phi) is 4.29. The molecule has 0 aromatic heterocycles. The average molecular weight is 316 g/mol. The number of amidine groups is 1. The van der Waals surface area contributed by atoms with Gasteiger partial charge in [-0.15, -0.1) is 0 Å². The third-order valence-electron chi connectivity index (χ3n) is 3.73. The summed E-state index contributed by atoms with van der Waals surface area (Å²) < 4.78 is 0. The van der Waals surface area contributed by atoms with Crippen molar-refractivity contribution in [2.45, 2.75) is 31.7 Å². The van der Waals surface area contributed by atoms with E-state index >= 15 is 0 Å². The van der Waals surface area contributed by atoms with E-state index in [1.165, 1.54) is 36.7 Å². The lowest BCUT2D eigenvalue weighted by atomic mass is 10.1. The van der Waals surface area contributed by atoms with Gasteiger partial charge in [-0.1, -0.05) is 25.0 Å². The van der Waals surface area contributed by atoms with Crippen LogP contribution in [0.3, 0.4) is 0 Å². The first-order chi connectivity index (χ1) is 10.6. The first kappa shape index (κ1) is 14.8. The molecule has 5 nitrogen and oxygen atoms in total. The van der Waals surface area contributed by atoms with E-state index in [2.05, 4.69) is 10.3 Å². The minimum Gasteiger partial charge on any atom is -0.478 e. The van der Waals surface area contributed by atoms with Gasteiger partial charge in [0.2, 0.25) is 0 Å². The minimum atomic E-state index is -0.960. The predicted octanol–water partition coefficient (Wildman–Crippen LogP) is 2.89. The number of thioether (sulfide) groups is 1. The standard InChI is InChI=1S/C16H16N2O3S/c19-14-13(9-10-5-7-11(8-6-10)15(20)21)22-16(18-14)17-12-3-1-2-4-12/h5-9,12H,1-4H2,(H,20,21)(H,17,18,19)/b13-9+. The second-order valence-corrected chi connectivity index (χ2v) is 6.40. The van der Waals surface area contributed by atoms with Crippen molar-refractivity contribution in [3.8, 4) is 0 Å². The van der Waals surface area contributed by atoms with Gasteiger partial charge in [-0.2, -0.15) is 0 Å². The number of hydrogen-bond donors (Lipinski definition) is 2. The van der Waals surface area contributed by atoms with Crippen LogP contribution >= 0.6 is 11.8 Å². The molecule has 1 aromatic rings. The Morgan fingerprint density at radius 2 is 1.95 bits per heavy atom. The van der Waals surface area contributed by atoms with E-state index in [0.29, 0.717) is 16.1 Å². The monoisotopic (exact) mass is 316 g/mol. The highest BCUT2D eigenvalue weighted by Crippen LogP contribution is 2.29. The number of carboxylic acids is 1. The molecular weight excluding hydrogens is 300 g/mol. The van der Waals surface area contributed by atoms with Gasteiger partial charge in [0, 0.05) is 0 Å². The predicted molar refractivity (Wildman–Crippen MR) is 86.8 cm³/mol. The SMILES string of the molecule is O=C1NC(=NC2CCCC2)S/C1=C/c1ccc(C(=O)O)cc1. The van der Waals surface area contributed by atoms with Gasteiger partial charge in [-0.3, -0.25) is 9.79 Å². The van der Waals surface area contributed by atoms with Crippen molar-refractivity contribution in [3.05, 3.63) is 40.3 Å². The molecule has 22 heavy (non-hydrogen) atoms. The zero-order chi connectivity index (χ0) is 15.5. The van der Waals surface area contributed by atoms with Gasteiger partial charge in [0.05, 0.1) is 16.5 Å². The molecular formula is C16H16N2O3S. The summed E-state index contributed by atoms with van der Waals surface area (Å²) in [5.74, 6) is -1.11. The van der Waals surface area contributed by atoms with Crippen molar-refractivity contribution in [3.63, 3.8) is 0 Å². The minimum absolute atomic E-state index is 0.149. The zero-order valence-electron chi connectivity index (χ0n) is 11.9. The topological polar surface area (TPSA) is 78.8 Å². The van der Waals surface area contributed by atoms with Gasteiger partial charge in [-0.05, 0) is 48.4 Å². The summed E-state index contributed by atoms with van der Waals surface area (Å²) in [4.78, 5) is 27.9. The summed E-state index contributed by atoms with van der Waals surface area (Å²) in [6.07, 6.45) is 6.35. The van der Waals surface area contributed by atoms with Gasteiger partial charge in [0.15, 0.2) is 5.17 Å². The summed E-state index contributed by atoms with van der Waals surface area (Å²) in [5.41, 5.74) is 1.03. The molecule has 3 rings (SSSR count). The quantitative estimate of drug-likeness (QED) is 0.840. The van der Waals surface area contributed by atoms with Gasteiger partial charge < -0.3 is 10.4 Å². The number of nitrogens with zero attached hydrogens (tertiary/aromatic N) is 1. The molecule has 0 radical (unpaired) electrons. The highest BCUT2D eigenvalue weighted by Gasteiger charge is 2.25. The first-order valence-electron chi connectivity index (χ1n) is 7.24. The van der Waals surface area contributed by atoms with Crippen LogP contribution in [0.4, 0.5) is 0 Å². The molecule has 1 saturated heterocycles. The molecule has 1 saturated carbocycles. The molecule has 1 aromatic carbocycles. The molecule has 2 fully saturated rings. The number of carbonyl (C=O) groups is 2. The molecule has 1 aliphatic heterocycles. The molecule has 2 N–H and O–H groups in total. The van der Waals surface area contributed by atoms with E-state index in [4.69, 9.17) is 5.11 Å². The number of aliphatic imine (C=N–C) groups is 1. The summed E-state index contributed by atoms with van der Waals surface area (Å²) in [6, 6.07) is 6.77. The maximum absolute atomic E-state index is 12.0. The van der Waals surface area contributed by atoms with Gasteiger partial charge in [0.25, 0.3) is 5.91 Å². The van der Waals surface area contributed by atoms with Crippen molar-refractivity contribution >= 4 is 34.9 Å². The van der Waals surface area contributed by atoms with E-state index in [1.54, 1.807) is 18.2 Å². The number of carbonyl (C=O) groups excluding carboxylic acids is 1. The second-order valence-electron chi connectivity index (χ2n) is 5.36. The van der Waals surface area contributed by atoms with E-state index in [1.807, 2.05) is 0 Å². The largest absolute Gasteiger partial charge is 0.478 e. The smallest absolute Gasteiger partial charge is 0.335 e. The number of rotatable bonds is 3. The molecule has 0 unspecified atom stereocenters. The number of carboxylic acid groups (broad SMARTS) is 1. The Hall–Kier alpha value is -2.08. The lowest BCUT2D eigenvalue weighted by molar-refractivity contribution is -0.115. The van der Waals surface area contributed by atoms with Crippen LogP contribution in [0.5, 0.6) is 0 Å². The molecule has 1 heterocycles. The lowest BCUT2D eigenvalue weighted by Crippen LogP contribution is -2.21. The highest BCUT2D eigenvalue weighted by atomic mass is 32.2. The molecule has 6 heteroatoms. The maximum Gasteiger partial charge on any atom is 0.335 e. The van der Waals surface area contributed by atoms with Gasteiger partial charge in [0.1, 0.15) is 0 Å². The van der Waals surface area contributed by atoms with E-state index in [9.17, 15) is 9.59 Å². The Bertz CT molecular complexity index is 658. The van der Waals surface area contributed by atoms with Crippen molar-refractivity contribution in [1.29, 1.82) is 0 Å². The molecule has 1 amide bonds. The van der Waals surface area contributed by atoms with Crippen LogP contribution in [0.15, 0.2) is 34.2 Å². The molecule has 0 bridgehead atoms. The summed E-state index contributed by atoms with van der Waals surface area (Å²) in [6.45, 7) is 0. The van der Waals surface area contributed by atoms with Crippen molar-refractivity contribution in [2.75, 3.05) is 0 Å². The number of hydrogen-bond acceptors (Lipinski definition) is 4. The third-order valence-corrected chi connectivity index (χ3v) is 4.65. The van der Waals surface area contributed by atoms with Crippen LogP contribution in [-0.2, 0) is 4.79 Å². The Morgan fingerprint density at radius 1 is 1.27 bits per heavy atom. The fraction of sp³-hybridized carbons (Fsp3) is 0.312. The van der Waals surface area contributed by atoms with Crippen LogP contribution < -0.4 is 5.32 Å². The van der Waals surface area contributed by atoms with Crippen LogP contribution in [-0.4, -0.2) is 28.2 Å². The summed E-state index contributed by atoms with van der Waals surface area (Å²) >= 11 is 1.35. The average Bonchev–Trinajstić information content (AvgIpc) is 3.11. The molecule has 114 valence electrons. The second kappa shape index (κ2) is 6.36. The molecule has 0 spiro atoms. The lowest BCUT2D eigenvalue weighted by Gasteiger charge is -2.02. The Morgan fingerprint density at radius 3 is 2.59 bits per heavy atom.